The van der Waals surface area contributed by atoms with Crippen molar-refractivity contribution >= 4 is 28.6 Å². The maximum absolute atomic E-state index is 12.6. The number of pyridine rings is 1. The first kappa shape index (κ1) is 11.9. The molecule has 1 fully saturated rings. The van der Waals surface area contributed by atoms with E-state index in [0.29, 0.717) is 18.9 Å². The van der Waals surface area contributed by atoms with Crippen LogP contribution < -0.4 is 9.80 Å². The van der Waals surface area contributed by atoms with Crippen LogP contribution in [0, 0.1) is 0 Å². The monoisotopic (exact) mass is 279 g/mol. The lowest BCUT2D eigenvalue weighted by molar-refractivity contribution is 0.255. The third kappa shape index (κ3) is 1.92. The summed E-state index contributed by atoms with van der Waals surface area (Å²) in [5.74, 6) is 0.688. The van der Waals surface area contributed by atoms with Crippen LogP contribution in [0.4, 0.5) is 16.3 Å². The van der Waals surface area contributed by atoms with Crippen molar-refractivity contribution in [1.82, 2.24) is 15.0 Å². The number of H-pyrrole nitrogens is 1. The van der Waals surface area contributed by atoms with Crippen molar-refractivity contribution in [2.45, 2.75) is 0 Å². The van der Waals surface area contributed by atoms with Gasteiger partial charge < -0.3 is 4.98 Å². The fraction of sp³-hybridized carbons (Fsp3) is 0.133. The first-order valence-corrected chi connectivity index (χ1v) is 6.76. The van der Waals surface area contributed by atoms with Gasteiger partial charge in [0.2, 0.25) is 0 Å². The first-order chi connectivity index (χ1) is 10.3. The summed E-state index contributed by atoms with van der Waals surface area (Å²) < 4.78 is 0. The Bertz CT molecular complexity index is 798. The number of nitrogens with zero attached hydrogens (tertiary/aromatic N) is 4. The molecule has 2 amide bonds. The number of aromatic amines is 1. The number of hydrogen-bond donors (Lipinski definition) is 1. The number of imidazole rings is 1. The number of carbonyl (C=O) groups is 1. The number of amides is 2. The van der Waals surface area contributed by atoms with Gasteiger partial charge in [0.25, 0.3) is 0 Å². The molecule has 0 aliphatic carbocycles. The summed E-state index contributed by atoms with van der Waals surface area (Å²) >= 11 is 0. The topological polar surface area (TPSA) is 65.1 Å². The number of benzene rings is 1. The second-order valence-electron chi connectivity index (χ2n) is 4.88. The van der Waals surface area contributed by atoms with Crippen molar-refractivity contribution in [3.05, 3.63) is 48.9 Å². The second-order valence-corrected chi connectivity index (χ2v) is 4.88. The molecule has 1 aromatic carbocycles. The molecule has 6 nitrogen and oxygen atoms in total. The van der Waals surface area contributed by atoms with Gasteiger partial charge in [-0.15, -0.1) is 0 Å². The van der Waals surface area contributed by atoms with Gasteiger partial charge in [-0.25, -0.2) is 14.8 Å². The van der Waals surface area contributed by atoms with E-state index in [0.717, 1.165) is 16.7 Å². The molecule has 0 atom stereocenters. The molecule has 4 rings (SSSR count). The molecule has 21 heavy (non-hydrogen) atoms. The van der Waals surface area contributed by atoms with Crippen molar-refractivity contribution in [1.29, 1.82) is 0 Å². The van der Waals surface area contributed by atoms with E-state index in [-0.39, 0.29) is 6.03 Å². The average molecular weight is 279 g/mol. The number of hydrogen-bond acceptors (Lipinski definition) is 3. The van der Waals surface area contributed by atoms with Gasteiger partial charge in [-0.3, -0.25) is 9.80 Å². The Kier molecular flexibility index (Phi) is 2.60. The van der Waals surface area contributed by atoms with Gasteiger partial charge in [-0.05, 0) is 30.3 Å². The maximum Gasteiger partial charge on any atom is 0.330 e. The van der Waals surface area contributed by atoms with Gasteiger partial charge in [-0.1, -0.05) is 6.07 Å². The van der Waals surface area contributed by atoms with E-state index in [9.17, 15) is 4.79 Å². The number of fused-ring (bicyclic) bond motifs is 1. The highest BCUT2D eigenvalue weighted by Crippen LogP contribution is 2.25. The minimum atomic E-state index is -0.0486. The van der Waals surface area contributed by atoms with Gasteiger partial charge in [0.1, 0.15) is 5.82 Å². The normalized spacial score (nSPS) is 15.1. The fourth-order valence-electron chi connectivity index (χ4n) is 2.59. The summed E-state index contributed by atoms with van der Waals surface area (Å²) in [6.07, 6.45) is 3.35. The molecular weight excluding hydrogens is 266 g/mol. The number of carbonyl (C=O) groups excluding carboxylic acids is 1. The van der Waals surface area contributed by atoms with Crippen molar-refractivity contribution in [3.8, 4) is 0 Å². The van der Waals surface area contributed by atoms with Crippen LogP contribution in [-0.2, 0) is 0 Å². The quantitative estimate of drug-likeness (QED) is 0.783. The summed E-state index contributed by atoms with van der Waals surface area (Å²) in [6.45, 7) is 1.28. The summed E-state index contributed by atoms with van der Waals surface area (Å²) in [7, 11) is 0. The molecule has 2 aromatic heterocycles. The summed E-state index contributed by atoms with van der Waals surface area (Å²) in [4.78, 5) is 27.5. The SMILES string of the molecule is O=C1N(c2ccc3nc[nH]c3c2)CCN1c1ccccn1. The molecule has 3 heterocycles. The third-order valence-electron chi connectivity index (χ3n) is 3.65. The molecule has 6 heteroatoms. The third-order valence-corrected chi connectivity index (χ3v) is 3.65. The fourth-order valence-corrected chi connectivity index (χ4v) is 2.59. The van der Waals surface area contributed by atoms with E-state index in [1.807, 2.05) is 36.4 Å². The molecule has 0 radical (unpaired) electrons. The second kappa shape index (κ2) is 4.59. The van der Waals surface area contributed by atoms with Crippen molar-refractivity contribution in [3.63, 3.8) is 0 Å². The van der Waals surface area contributed by atoms with E-state index in [1.54, 1.807) is 22.3 Å². The zero-order valence-electron chi connectivity index (χ0n) is 11.2. The van der Waals surface area contributed by atoms with E-state index >= 15 is 0 Å². The Labute approximate surface area is 121 Å². The van der Waals surface area contributed by atoms with E-state index < -0.39 is 0 Å². The summed E-state index contributed by atoms with van der Waals surface area (Å²) in [6, 6.07) is 11.3. The number of rotatable bonds is 2. The molecule has 3 aromatic rings. The molecule has 104 valence electrons. The van der Waals surface area contributed by atoms with Crippen molar-refractivity contribution in [2.75, 3.05) is 22.9 Å². The first-order valence-electron chi connectivity index (χ1n) is 6.76. The van der Waals surface area contributed by atoms with Crippen LogP contribution in [0.5, 0.6) is 0 Å². The lowest BCUT2D eigenvalue weighted by Crippen LogP contribution is -2.32. The van der Waals surface area contributed by atoms with Crippen LogP contribution in [0.3, 0.4) is 0 Å². The molecule has 0 spiro atoms. The van der Waals surface area contributed by atoms with Crippen LogP contribution in [0.15, 0.2) is 48.9 Å². The number of anilines is 2. The van der Waals surface area contributed by atoms with Crippen LogP contribution in [0.25, 0.3) is 11.0 Å². The Morgan fingerprint density at radius 2 is 1.95 bits per heavy atom. The molecular formula is C15H13N5O. The molecule has 1 saturated heterocycles. The molecule has 1 aliphatic heterocycles. The zero-order valence-corrected chi connectivity index (χ0v) is 11.2. The molecule has 0 saturated carbocycles. The minimum Gasteiger partial charge on any atom is -0.345 e. The maximum atomic E-state index is 12.6. The molecule has 0 bridgehead atoms. The van der Waals surface area contributed by atoms with E-state index in [4.69, 9.17) is 0 Å². The lowest BCUT2D eigenvalue weighted by atomic mass is 10.2. The van der Waals surface area contributed by atoms with Crippen molar-refractivity contribution < 1.29 is 4.79 Å². The van der Waals surface area contributed by atoms with Gasteiger partial charge >= 0.3 is 6.03 Å². The number of urea groups is 1. The zero-order chi connectivity index (χ0) is 14.2. The van der Waals surface area contributed by atoms with Crippen LogP contribution in [0.2, 0.25) is 0 Å². The number of nitrogens with one attached hydrogen (secondary N) is 1. The standard InChI is InChI=1S/C15H13N5O/c21-15-19(7-8-20(15)14-3-1-2-6-16-14)11-4-5-12-13(9-11)18-10-17-12/h1-6,9-10H,7-8H2,(H,17,18). The van der Waals surface area contributed by atoms with Gasteiger partial charge in [0.05, 0.1) is 17.4 Å². The van der Waals surface area contributed by atoms with Crippen LogP contribution in [-0.4, -0.2) is 34.1 Å². The number of aromatic nitrogens is 3. The van der Waals surface area contributed by atoms with E-state index in [1.165, 1.54) is 0 Å². The molecule has 0 unspecified atom stereocenters. The highest BCUT2D eigenvalue weighted by molar-refractivity contribution is 6.06. The minimum absolute atomic E-state index is 0.0486. The van der Waals surface area contributed by atoms with Crippen molar-refractivity contribution in [2.24, 2.45) is 0 Å². The molecule has 1 aliphatic rings. The lowest BCUT2D eigenvalue weighted by Gasteiger charge is -2.18. The van der Waals surface area contributed by atoms with Gasteiger partial charge in [0, 0.05) is 25.0 Å². The van der Waals surface area contributed by atoms with Crippen LogP contribution in [0.1, 0.15) is 0 Å². The highest BCUT2D eigenvalue weighted by atomic mass is 16.2. The Morgan fingerprint density at radius 3 is 2.81 bits per heavy atom. The summed E-state index contributed by atoms with van der Waals surface area (Å²) in [5, 5.41) is 0. The van der Waals surface area contributed by atoms with E-state index in [2.05, 4.69) is 15.0 Å². The Hall–Kier alpha value is -2.89. The predicted octanol–water partition coefficient (Wildman–Crippen LogP) is 2.40. The summed E-state index contributed by atoms with van der Waals surface area (Å²) in [5.41, 5.74) is 2.69. The average Bonchev–Trinajstić information content (AvgIpc) is 3.13. The largest absolute Gasteiger partial charge is 0.345 e. The predicted molar refractivity (Wildman–Crippen MR) is 80.4 cm³/mol. The smallest absolute Gasteiger partial charge is 0.330 e. The Morgan fingerprint density at radius 1 is 1.05 bits per heavy atom. The van der Waals surface area contributed by atoms with Gasteiger partial charge in [-0.2, -0.15) is 0 Å². The van der Waals surface area contributed by atoms with Crippen LogP contribution >= 0.6 is 0 Å². The van der Waals surface area contributed by atoms with Gasteiger partial charge in [0.15, 0.2) is 0 Å². The Balaban J connectivity index is 1.66. The highest BCUT2D eigenvalue weighted by Gasteiger charge is 2.31. The molecule has 1 N–H and O–H groups in total.